The van der Waals surface area contributed by atoms with E-state index in [4.69, 9.17) is 19.2 Å². The first-order chi connectivity index (χ1) is 13.2. The Kier molecular flexibility index (Phi) is 11.8. The number of hydrogen-bond acceptors (Lipinski definition) is 5. The van der Waals surface area contributed by atoms with Crippen molar-refractivity contribution in [1.29, 1.82) is 0 Å². The third-order valence-corrected chi connectivity index (χ3v) is 5.93. The summed E-state index contributed by atoms with van der Waals surface area (Å²) in [6.45, 7) is 3.61. The van der Waals surface area contributed by atoms with Crippen LogP contribution in [0.4, 0.5) is 0 Å². The molecule has 1 fully saturated rings. The Morgan fingerprint density at radius 3 is 2.46 bits per heavy atom. The molecule has 1 saturated carbocycles. The number of guanidine groups is 1. The van der Waals surface area contributed by atoms with E-state index in [1.54, 1.807) is 21.3 Å². The van der Waals surface area contributed by atoms with E-state index in [1.165, 1.54) is 19.3 Å². The van der Waals surface area contributed by atoms with Crippen LogP contribution in [0.5, 0.6) is 17.2 Å². The van der Waals surface area contributed by atoms with E-state index in [9.17, 15) is 0 Å². The Morgan fingerprint density at radius 1 is 1.14 bits per heavy atom. The van der Waals surface area contributed by atoms with Crippen LogP contribution in [0, 0.1) is 0 Å². The third kappa shape index (κ3) is 6.79. The van der Waals surface area contributed by atoms with Crippen molar-refractivity contribution in [3.63, 3.8) is 0 Å². The highest BCUT2D eigenvalue weighted by Crippen LogP contribution is 2.39. The lowest BCUT2D eigenvalue weighted by molar-refractivity contribution is 0.322. The van der Waals surface area contributed by atoms with Crippen molar-refractivity contribution in [1.82, 2.24) is 10.6 Å². The molecule has 6 nitrogen and oxygen atoms in total. The summed E-state index contributed by atoms with van der Waals surface area (Å²) < 4.78 is 16.4. The van der Waals surface area contributed by atoms with E-state index in [0.717, 1.165) is 29.7 Å². The molecule has 1 aliphatic rings. The Labute approximate surface area is 190 Å². The second-order valence-corrected chi connectivity index (χ2v) is 7.65. The predicted octanol–water partition coefficient (Wildman–Crippen LogP) is 3.71. The molecule has 0 radical (unpaired) electrons. The Hall–Kier alpha value is -1.03. The molecule has 2 rings (SSSR count). The van der Waals surface area contributed by atoms with Gasteiger partial charge < -0.3 is 24.8 Å². The first-order valence-electron chi connectivity index (χ1n) is 9.52. The number of rotatable bonds is 9. The average Bonchev–Trinajstić information content (AvgIpc) is 3.15. The summed E-state index contributed by atoms with van der Waals surface area (Å²) in [6.07, 6.45) is 6.65. The van der Waals surface area contributed by atoms with Crippen molar-refractivity contribution in [3.05, 3.63) is 17.7 Å². The number of nitrogens with one attached hydrogen (secondary N) is 2. The van der Waals surface area contributed by atoms with Crippen molar-refractivity contribution in [3.8, 4) is 17.2 Å². The third-order valence-electron chi connectivity index (χ3n) is 4.84. The van der Waals surface area contributed by atoms with Crippen LogP contribution in [0.2, 0.25) is 0 Å². The highest BCUT2D eigenvalue weighted by molar-refractivity contribution is 14.0. The molecule has 2 atom stereocenters. The monoisotopic (exact) mass is 523 g/mol. The fourth-order valence-corrected chi connectivity index (χ4v) is 4.24. The first-order valence-corrected chi connectivity index (χ1v) is 10.8. The van der Waals surface area contributed by atoms with E-state index in [-0.39, 0.29) is 24.0 Å². The van der Waals surface area contributed by atoms with Gasteiger partial charge in [0.05, 0.1) is 21.3 Å². The average molecular weight is 523 g/mol. The van der Waals surface area contributed by atoms with Gasteiger partial charge in [0.15, 0.2) is 17.5 Å². The number of nitrogens with zero attached hydrogens (tertiary/aromatic N) is 1. The minimum absolute atomic E-state index is 0. The van der Waals surface area contributed by atoms with Crippen LogP contribution in [0.1, 0.15) is 31.7 Å². The molecular formula is C20H34IN3O3S. The van der Waals surface area contributed by atoms with Gasteiger partial charge in [0.2, 0.25) is 5.75 Å². The zero-order valence-corrected chi connectivity index (χ0v) is 20.7. The van der Waals surface area contributed by atoms with Gasteiger partial charge in [-0.15, -0.1) is 24.0 Å². The predicted molar refractivity (Wildman–Crippen MR) is 129 cm³/mol. The molecule has 0 aliphatic heterocycles. The van der Waals surface area contributed by atoms with E-state index in [1.807, 2.05) is 23.9 Å². The molecule has 0 aromatic heterocycles. The van der Waals surface area contributed by atoms with Crippen molar-refractivity contribution in [2.24, 2.45) is 4.99 Å². The maximum absolute atomic E-state index is 5.56. The van der Waals surface area contributed by atoms with Crippen LogP contribution in [0.25, 0.3) is 0 Å². The van der Waals surface area contributed by atoms with Crippen LogP contribution < -0.4 is 24.8 Å². The van der Waals surface area contributed by atoms with Gasteiger partial charge in [-0.25, -0.2) is 0 Å². The van der Waals surface area contributed by atoms with Crippen molar-refractivity contribution in [2.45, 2.75) is 43.9 Å². The molecule has 1 aromatic carbocycles. The Morgan fingerprint density at radius 2 is 1.89 bits per heavy atom. The standard InChI is InChI=1S/C20H33N3O3S.HI/c1-6-21-20(23-15-8-9-16(13-15)27-5)22-12-11-14-7-10-17(24-2)19(26-4)18(14)25-3;/h7,10,15-16H,6,8-9,11-13H2,1-5H3,(H2,21,22,23);1H. The minimum Gasteiger partial charge on any atom is -0.493 e. The van der Waals surface area contributed by atoms with Crippen LogP contribution in [-0.2, 0) is 6.42 Å². The summed E-state index contributed by atoms with van der Waals surface area (Å²) in [4.78, 5) is 4.76. The largest absolute Gasteiger partial charge is 0.493 e. The topological polar surface area (TPSA) is 64.1 Å². The van der Waals surface area contributed by atoms with E-state index in [2.05, 4.69) is 23.8 Å². The van der Waals surface area contributed by atoms with Gasteiger partial charge in [-0.05, 0) is 44.9 Å². The van der Waals surface area contributed by atoms with Crippen LogP contribution in [0.3, 0.4) is 0 Å². The van der Waals surface area contributed by atoms with Gasteiger partial charge in [0, 0.05) is 29.9 Å². The van der Waals surface area contributed by atoms with Gasteiger partial charge in [-0.1, -0.05) is 6.07 Å². The fourth-order valence-electron chi connectivity index (χ4n) is 3.45. The Bertz CT molecular complexity index is 631. The zero-order chi connectivity index (χ0) is 19.6. The van der Waals surface area contributed by atoms with Gasteiger partial charge in [-0.3, -0.25) is 4.99 Å². The summed E-state index contributed by atoms with van der Waals surface area (Å²) >= 11 is 1.97. The fraction of sp³-hybridized carbons (Fsp3) is 0.650. The van der Waals surface area contributed by atoms with E-state index in [0.29, 0.717) is 29.8 Å². The van der Waals surface area contributed by atoms with Crippen LogP contribution in [0.15, 0.2) is 17.1 Å². The molecular weight excluding hydrogens is 489 g/mol. The van der Waals surface area contributed by atoms with E-state index < -0.39 is 0 Å². The van der Waals surface area contributed by atoms with Gasteiger partial charge in [0.25, 0.3) is 0 Å². The second kappa shape index (κ2) is 13.2. The SMILES string of the molecule is CCNC(=NCCc1ccc(OC)c(OC)c1OC)NC1CCC(SC)C1.I. The Balaban J connectivity index is 0.00000392. The highest BCUT2D eigenvalue weighted by atomic mass is 127. The smallest absolute Gasteiger partial charge is 0.203 e. The van der Waals surface area contributed by atoms with Gasteiger partial charge in [0.1, 0.15) is 0 Å². The second-order valence-electron chi connectivity index (χ2n) is 6.52. The quantitative estimate of drug-likeness (QED) is 0.293. The summed E-state index contributed by atoms with van der Waals surface area (Å²) in [5.41, 5.74) is 1.05. The molecule has 0 bridgehead atoms. The van der Waals surface area contributed by atoms with Gasteiger partial charge in [-0.2, -0.15) is 11.8 Å². The number of hydrogen-bond donors (Lipinski definition) is 2. The molecule has 0 spiro atoms. The molecule has 1 aliphatic carbocycles. The summed E-state index contributed by atoms with van der Waals surface area (Å²) in [5, 5.41) is 7.71. The zero-order valence-electron chi connectivity index (χ0n) is 17.5. The number of ether oxygens (including phenoxy) is 3. The molecule has 0 saturated heterocycles. The normalized spacial score (nSPS) is 19.0. The molecule has 28 heavy (non-hydrogen) atoms. The molecule has 2 unspecified atom stereocenters. The minimum atomic E-state index is 0. The highest BCUT2D eigenvalue weighted by Gasteiger charge is 2.24. The molecule has 2 N–H and O–H groups in total. The van der Waals surface area contributed by atoms with E-state index >= 15 is 0 Å². The number of halogens is 1. The number of methoxy groups -OCH3 is 3. The lowest BCUT2D eigenvalue weighted by Gasteiger charge is -2.18. The lowest BCUT2D eigenvalue weighted by Crippen LogP contribution is -2.42. The number of thioether (sulfide) groups is 1. The molecule has 0 amide bonds. The van der Waals surface area contributed by atoms with Crippen LogP contribution >= 0.6 is 35.7 Å². The van der Waals surface area contributed by atoms with Crippen molar-refractivity contribution >= 4 is 41.7 Å². The summed E-state index contributed by atoms with van der Waals surface area (Å²) in [7, 11) is 4.90. The molecule has 160 valence electrons. The van der Waals surface area contributed by atoms with Crippen LogP contribution in [-0.4, -0.2) is 57.9 Å². The number of benzene rings is 1. The van der Waals surface area contributed by atoms with Crippen molar-refractivity contribution < 1.29 is 14.2 Å². The van der Waals surface area contributed by atoms with Gasteiger partial charge >= 0.3 is 0 Å². The molecule has 0 heterocycles. The maximum atomic E-state index is 5.56. The van der Waals surface area contributed by atoms with Crippen molar-refractivity contribution in [2.75, 3.05) is 40.7 Å². The number of aliphatic imine (C=N–C) groups is 1. The maximum Gasteiger partial charge on any atom is 0.203 e. The summed E-state index contributed by atoms with van der Waals surface area (Å²) in [5.74, 6) is 2.90. The molecule has 1 aromatic rings. The summed E-state index contributed by atoms with van der Waals surface area (Å²) in [6, 6.07) is 4.43. The molecule has 8 heteroatoms. The first kappa shape index (κ1) is 25.0. The lowest BCUT2D eigenvalue weighted by atomic mass is 10.1.